The van der Waals surface area contributed by atoms with Gasteiger partial charge in [-0.3, -0.25) is 0 Å². The Balaban J connectivity index is 1.75. The van der Waals surface area contributed by atoms with Gasteiger partial charge in [-0.2, -0.15) is 0 Å². The van der Waals surface area contributed by atoms with E-state index in [1.807, 2.05) is 11.8 Å². The van der Waals surface area contributed by atoms with Crippen molar-refractivity contribution < 1.29 is 0 Å². The van der Waals surface area contributed by atoms with Crippen molar-refractivity contribution >= 4 is 47.9 Å². The predicted octanol–water partition coefficient (Wildman–Crippen LogP) is 4.39. The minimum atomic E-state index is 0.294. The van der Waals surface area contributed by atoms with Gasteiger partial charge in [-0.15, -0.1) is 0 Å². The summed E-state index contributed by atoms with van der Waals surface area (Å²) in [5.74, 6) is 1.00. The summed E-state index contributed by atoms with van der Waals surface area (Å²) in [5.41, 5.74) is 4.84. The number of thioether (sulfide) groups is 1. The van der Waals surface area contributed by atoms with Crippen LogP contribution in [0.15, 0.2) is 94.6 Å². The van der Waals surface area contributed by atoms with Crippen LogP contribution in [0.1, 0.15) is 5.56 Å². The number of aromatic nitrogens is 2. The second kappa shape index (κ2) is 6.81. The van der Waals surface area contributed by atoms with Gasteiger partial charge < -0.3 is 0 Å². The van der Waals surface area contributed by atoms with E-state index in [2.05, 4.69) is 89.5 Å². The van der Waals surface area contributed by atoms with Gasteiger partial charge in [0.15, 0.2) is 0 Å². The first-order valence-corrected chi connectivity index (χ1v) is 11.2. The molecular weight excluding hydrogens is 403 g/mol. The molecule has 0 saturated heterocycles. The van der Waals surface area contributed by atoms with Crippen molar-refractivity contribution in [2.45, 2.75) is 5.16 Å². The van der Waals surface area contributed by atoms with E-state index < -0.39 is 0 Å². The molecule has 126 valence electrons. The molecule has 5 rings (SSSR count). The molecule has 26 heavy (non-hydrogen) atoms. The Morgan fingerprint density at radius 2 is 1.50 bits per heavy atom. The van der Waals surface area contributed by atoms with Crippen LogP contribution in [0, 0.1) is 0 Å². The monoisotopic (exact) mass is 420 g/mol. The molecule has 0 aliphatic carbocycles. The molecule has 0 fully saturated rings. The van der Waals surface area contributed by atoms with Crippen LogP contribution in [0.5, 0.6) is 0 Å². The van der Waals surface area contributed by atoms with Gasteiger partial charge in [-0.1, -0.05) is 0 Å². The fourth-order valence-corrected chi connectivity index (χ4v) is 6.77. The van der Waals surface area contributed by atoms with E-state index in [0.717, 1.165) is 16.4 Å². The van der Waals surface area contributed by atoms with Gasteiger partial charge in [0.05, 0.1) is 0 Å². The first kappa shape index (κ1) is 16.0. The van der Waals surface area contributed by atoms with Gasteiger partial charge in [0, 0.05) is 0 Å². The van der Waals surface area contributed by atoms with Gasteiger partial charge in [0.2, 0.25) is 0 Å². The van der Waals surface area contributed by atoms with E-state index in [9.17, 15) is 0 Å². The van der Waals surface area contributed by atoms with Crippen molar-refractivity contribution in [3.63, 3.8) is 0 Å². The number of hydrogen-bond acceptors (Lipinski definition) is 2. The molecular formula is C22H16N2SSe. The average molecular weight is 419 g/mol. The van der Waals surface area contributed by atoms with Crippen LogP contribution in [0.3, 0.4) is 0 Å². The molecule has 1 aliphatic rings. The molecule has 4 heteroatoms. The van der Waals surface area contributed by atoms with Crippen molar-refractivity contribution in [3.05, 3.63) is 95.0 Å². The Bertz CT molecular complexity index is 1100. The normalized spacial score (nSPS) is 13.8. The summed E-state index contributed by atoms with van der Waals surface area (Å²) in [5, 5.41) is 1.10. The molecule has 2 heterocycles. The molecule has 1 aliphatic heterocycles. The van der Waals surface area contributed by atoms with Crippen molar-refractivity contribution in [1.29, 1.82) is 0 Å². The first-order valence-electron chi connectivity index (χ1n) is 8.52. The van der Waals surface area contributed by atoms with Crippen molar-refractivity contribution in [3.8, 4) is 0 Å². The quantitative estimate of drug-likeness (QED) is 0.459. The van der Waals surface area contributed by atoms with Crippen LogP contribution in [0.2, 0.25) is 0 Å². The average Bonchev–Trinajstić information content (AvgIpc) is 3.08. The summed E-state index contributed by atoms with van der Waals surface area (Å²) in [6.45, 7) is 0. The summed E-state index contributed by atoms with van der Waals surface area (Å²) in [7, 11) is 0. The Labute approximate surface area is 163 Å². The van der Waals surface area contributed by atoms with Crippen LogP contribution in [0.4, 0.5) is 0 Å². The Morgan fingerprint density at radius 3 is 2.31 bits per heavy atom. The maximum absolute atomic E-state index is 4.87. The molecule has 3 aromatic carbocycles. The van der Waals surface area contributed by atoms with Crippen LogP contribution < -0.4 is 4.46 Å². The SMILES string of the molecule is c1ccc([Se]C2=C(c3ccccc3)n3c(nc4ccccc43)SC2)cc1. The second-order valence-corrected chi connectivity index (χ2v) is 9.45. The van der Waals surface area contributed by atoms with Crippen molar-refractivity contribution in [2.75, 3.05) is 5.75 Å². The molecule has 0 unspecified atom stereocenters. The topological polar surface area (TPSA) is 17.8 Å². The zero-order valence-electron chi connectivity index (χ0n) is 14.0. The summed E-state index contributed by atoms with van der Waals surface area (Å²) in [6.07, 6.45) is 0. The van der Waals surface area contributed by atoms with Crippen LogP contribution >= 0.6 is 11.8 Å². The third-order valence-electron chi connectivity index (χ3n) is 4.38. The fraction of sp³-hybridized carbons (Fsp3) is 0.0455. The number of fused-ring (bicyclic) bond motifs is 3. The van der Waals surface area contributed by atoms with E-state index in [0.29, 0.717) is 15.0 Å². The number of rotatable bonds is 3. The molecule has 0 N–H and O–H groups in total. The standard InChI is InChI=1S/C22H16N2SSe/c1-3-9-16(10-4-1)21-20(26-17-11-5-2-6-12-17)15-25-22-23-18-13-7-8-14-19(18)24(21)22/h1-14H,15H2. The Hall–Kier alpha value is -2.26. The van der Waals surface area contributed by atoms with E-state index in [4.69, 9.17) is 4.98 Å². The van der Waals surface area contributed by atoms with E-state index in [1.54, 1.807) is 0 Å². The van der Waals surface area contributed by atoms with Crippen molar-refractivity contribution in [2.24, 2.45) is 0 Å². The van der Waals surface area contributed by atoms with Gasteiger partial charge in [0.25, 0.3) is 0 Å². The molecule has 0 amide bonds. The van der Waals surface area contributed by atoms with Crippen molar-refractivity contribution in [1.82, 2.24) is 9.55 Å². The molecule has 2 nitrogen and oxygen atoms in total. The zero-order valence-corrected chi connectivity index (χ0v) is 16.5. The predicted molar refractivity (Wildman–Crippen MR) is 111 cm³/mol. The Morgan fingerprint density at radius 1 is 0.808 bits per heavy atom. The van der Waals surface area contributed by atoms with Crippen LogP contribution in [0.25, 0.3) is 16.7 Å². The molecule has 4 aromatic rings. The molecule has 0 bridgehead atoms. The van der Waals surface area contributed by atoms with E-state index >= 15 is 0 Å². The van der Waals surface area contributed by atoms with E-state index in [1.165, 1.54) is 25.7 Å². The van der Waals surface area contributed by atoms with Gasteiger partial charge >= 0.3 is 163 Å². The third-order valence-corrected chi connectivity index (χ3v) is 8.05. The fourth-order valence-electron chi connectivity index (χ4n) is 3.23. The molecule has 0 atom stereocenters. The van der Waals surface area contributed by atoms with Gasteiger partial charge in [-0.05, 0) is 0 Å². The Kier molecular flexibility index (Phi) is 4.18. The number of hydrogen-bond donors (Lipinski definition) is 0. The summed E-state index contributed by atoms with van der Waals surface area (Å²) in [4.78, 5) is 4.87. The second-order valence-electron chi connectivity index (χ2n) is 6.06. The van der Waals surface area contributed by atoms with Crippen LogP contribution in [-0.4, -0.2) is 30.3 Å². The number of para-hydroxylation sites is 2. The van der Waals surface area contributed by atoms with Gasteiger partial charge in [0.1, 0.15) is 0 Å². The summed E-state index contributed by atoms with van der Waals surface area (Å²) >= 11 is 2.14. The zero-order chi connectivity index (χ0) is 17.3. The van der Waals surface area contributed by atoms with Gasteiger partial charge in [-0.25, -0.2) is 0 Å². The number of nitrogens with zero attached hydrogens (tertiary/aromatic N) is 2. The summed E-state index contributed by atoms with van der Waals surface area (Å²) < 4.78 is 5.28. The minimum absolute atomic E-state index is 0.294. The number of imidazole rings is 1. The summed E-state index contributed by atoms with van der Waals surface area (Å²) in [6, 6.07) is 30.0. The molecule has 0 saturated carbocycles. The molecule has 0 radical (unpaired) electrons. The van der Waals surface area contributed by atoms with E-state index in [-0.39, 0.29) is 0 Å². The first-order chi connectivity index (χ1) is 12.9. The molecule has 0 spiro atoms. The third kappa shape index (κ3) is 2.80. The number of benzene rings is 3. The maximum atomic E-state index is 4.87. The molecule has 1 aromatic heterocycles. The van der Waals surface area contributed by atoms with Crippen LogP contribution in [-0.2, 0) is 0 Å².